The van der Waals surface area contributed by atoms with Crippen molar-refractivity contribution in [2.45, 2.75) is 50.1 Å². The van der Waals surface area contributed by atoms with Crippen LogP contribution in [0.25, 0.3) is 11.5 Å². The molecule has 29 heavy (non-hydrogen) atoms. The van der Waals surface area contributed by atoms with E-state index in [4.69, 9.17) is 9.40 Å². The van der Waals surface area contributed by atoms with E-state index in [1.54, 1.807) is 29.4 Å². The van der Waals surface area contributed by atoms with E-state index in [0.717, 1.165) is 34.4 Å². The van der Waals surface area contributed by atoms with Crippen molar-refractivity contribution < 1.29 is 4.42 Å². The minimum absolute atomic E-state index is 0.547. The van der Waals surface area contributed by atoms with E-state index in [-0.39, 0.29) is 0 Å². The second-order valence-electron chi connectivity index (χ2n) is 7.51. The third-order valence-electron chi connectivity index (χ3n) is 5.07. The Morgan fingerprint density at radius 1 is 1.21 bits per heavy atom. The van der Waals surface area contributed by atoms with Gasteiger partial charge in [-0.3, -0.25) is 0 Å². The topological polar surface area (TPSA) is 56.7 Å². The van der Waals surface area contributed by atoms with Gasteiger partial charge in [-0.15, -0.1) is 21.5 Å². The highest BCUT2D eigenvalue weighted by molar-refractivity contribution is 7.98. The number of thioether (sulfide) groups is 1. The highest BCUT2D eigenvalue weighted by atomic mass is 32.2. The van der Waals surface area contributed by atoms with Crippen molar-refractivity contribution in [3.63, 3.8) is 0 Å². The Labute approximate surface area is 178 Å². The lowest BCUT2D eigenvalue weighted by atomic mass is 10.1. The number of thiophene rings is 1. The predicted molar refractivity (Wildman–Crippen MR) is 116 cm³/mol. The zero-order chi connectivity index (χ0) is 19.8. The molecule has 0 bridgehead atoms. The molecular formula is C22H22N4OS2. The number of hydrogen-bond acceptors (Lipinski definition) is 6. The summed E-state index contributed by atoms with van der Waals surface area (Å²) in [7, 11) is 0. The van der Waals surface area contributed by atoms with E-state index in [0.29, 0.717) is 11.9 Å². The Balaban J connectivity index is 1.32. The smallest absolute Gasteiger partial charge is 0.226 e. The lowest BCUT2D eigenvalue weighted by Crippen LogP contribution is -2.03. The maximum absolute atomic E-state index is 5.76. The minimum atomic E-state index is 0.547. The first-order chi connectivity index (χ1) is 14.2. The first kappa shape index (κ1) is 18.6. The largest absolute Gasteiger partial charge is 0.444 e. The molecule has 7 heteroatoms. The van der Waals surface area contributed by atoms with Crippen molar-refractivity contribution >= 4 is 23.1 Å². The van der Waals surface area contributed by atoms with Crippen molar-refractivity contribution in [2.24, 2.45) is 0 Å². The second-order valence-corrected chi connectivity index (χ2v) is 9.48. The van der Waals surface area contributed by atoms with Crippen molar-refractivity contribution in [1.29, 1.82) is 0 Å². The van der Waals surface area contributed by atoms with E-state index in [1.165, 1.54) is 28.8 Å². The Kier molecular flexibility index (Phi) is 5.01. The number of rotatable bonds is 7. The van der Waals surface area contributed by atoms with Gasteiger partial charge in [-0.2, -0.15) is 0 Å². The molecule has 5 rings (SSSR count). The molecule has 4 aromatic rings. The van der Waals surface area contributed by atoms with Crippen LogP contribution in [0.5, 0.6) is 0 Å². The van der Waals surface area contributed by atoms with Gasteiger partial charge in [0.1, 0.15) is 12.1 Å². The second kappa shape index (κ2) is 7.80. The minimum Gasteiger partial charge on any atom is -0.444 e. The van der Waals surface area contributed by atoms with Gasteiger partial charge in [-0.25, -0.2) is 4.98 Å². The van der Waals surface area contributed by atoms with Gasteiger partial charge >= 0.3 is 0 Å². The molecule has 1 fully saturated rings. The van der Waals surface area contributed by atoms with Gasteiger partial charge in [0.2, 0.25) is 5.89 Å². The lowest BCUT2D eigenvalue weighted by Gasteiger charge is -2.07. The van der Waals surface area contributed by atoms with Crippen LogP contribution in [-0.2, 0) is 12.2 Å². The molecule has 0 saturated heterocycles. The van der Waals surface area contributed by atoms with Crippen molar-refractivity contribution in [3.05, 3.63) is 69.5 Å². The quantitative estimate of drug-likeness (QED) is 0.351. The SMILES string of the molecule is Cc1ccc(-c2nc(CSc3nnc(Cc4cccs4)n3C3CC3)co2)c(C)c1. The molecule has 1 saturated carbocycles. The van der Waals surface area contributed by atoms with E-state index in [1.807, 2.05) is 0 Å². The highest BCUT2D eigenvalue weighted by Gasteiger charge is 2.29. The fraction of sp³-hybridized carbons (Fsp3) is 0.318. The Bertz CT molecular complexity index is 1130. The van der Waals surface area contributed by atoms with Crippen molar-refractivity contribution in [2.75, 3.05) is 0 Å². The zero-order valence-electron chi connectivity index (χ0n) is 16.5. The van der Waals surface area contributed by atoms with Crippen LogP contribution in [0.4, 0.5) is 0 Å². The monoisotopic (exact) mass is 422 g/mol. The average Bonchev–Trinajstić information content (AvgIpc) is 3.09. The number of oxazole rings is 1. The van der Waals surface area contributed by atoms with Crippen LogP contribution in [0.1, 0.15) is 46.4 Å². The number of aromatic nitrogens is 4. The molecule has 0 atom stereocenters. The molecular weight excluding hydrogens is 400 g/mol. The van der Waals surface area contributed by atoms with Crippen LogP contribution in [-0.4, -0.2) is 19.7 Å². The molecule has 0 unspecified atom stereocenters. The van der Waals surface area contributed by atoms with Crippen LogP contribution < -0.4 is 0 Å². The van der Waals surface area contributed by atoms with Gasteiger partial charge < -0.3 is 8.98 Å². The first-order valence-electron chi connectivity index (χ1n) is 9.78. The normalized spacial score (nSPS) is 13.9. The summed E-state index contributed by atoms with van der Waals surface area (Å²) in [5, 5.41) is 12.1. The number of hydrogen-bond donors (Lipinski definition) is 0. The Morgan fingerprint density at radius 3 is 2.86 bits per heavy atom. The summed E-state index contributed by atoms with van der Waals surface area (Å²) in [6.45, 7) is 4.19. The van der Waals surface area contributed by atoms with Crippen molar-refractivity contribution in [1.82, 2.24) is 19.7 Å². The van der Waals surface area contributed by atoms with E-state index in [2.05, 4.69) is 64.3 Å². The van der Waals surface area contributed by atoms with E-state index >= 15 is 0 Å². The fourth-order valence-corrected chi connectivity index (χ4v) is 5.09. The van der Waals surface area contributed by atoms with Crippen LogP contribution in [0.2, 0.25) is 0 Å². The third kappa shape index (κ3) is 4.02. The van der Waals surface area contributed by atoms with Gasteiger partial charge in [-0.1, -0.05) is 35.5 Å². The molecule has 0 aliphatic heterocycles. The molecule has 0 N–H and O–H groups in total. The number of benzene rings is 1. The highest BCUT2D eigenvalue weighted by Crippen LogP contribution is 2.40. The van der Waals surface area contributed by atoms with Crippen LogP contribution >= 0.6 is 23.1 Å². The van der Waals surface area contributed by atoms with Crippen LogP contribution in [0, 0.1) is 13.8 Å². The standard InChI is InChI=1S/C22H22N4OS2/c1-14-5-8-19(15(2)10-14)21-23-16(12-27-21)13-29-22-25-24-20(26(22)17-6-7-17)11-18-4-3-9-28-18/h3-5,8-10,12,17H,6-7,11,13H2,1-2H3. The molecule has 3 heterocycles. The summed E-state index contributed by atoms with van der Waals surface area (Å²) >= 11 is 3.46. The molecule has 0 radical (unpaired) electrons. The van der Waals surface area contributed by atoms with Gasteiger partial charge in [0.05, 0.1) is 5.69 Å². The van der Waals surface area contributed by atoms with Crippen molar-refractivity contribution in [3.8, 4) is 11.5 Å². The van der Waals surface area contributed by atoms with Gasteiger partial charge in [0.15, 0.2) is 5.16 Å². The summed E-state index contributed by atoms with van der Waals surface area (Å²) in [6.07, 6.45) is 5.03. The van der Waals surface area contributed by atoms with Gasteiger partial charge in [-0.05, 0) is 49.8 Å². The predicted octanol–water partition coefficient (Wildman–Crippen LogP) is 5.83. The molecule has 1 aromatic carbocycles. The summed E-state index contributed by atoms with van der Waals surface area (Å²) in [5.41, 5.74) is 4.39. The molecule has 0 spiro atoms. The van der Waals surface area contributed by atoms with Crippen LogP contribution in [0.15, 0.2) is 51.5 Å². The maximum Gasteiger partial charge on any atom is 0.226 e. The molecule has 1 aliphatic rings. The summed E-state index contributed by atoms with van der Waals surface area (Å²) in [5.74, 6) is 2.46. The molecule has 148 valence electrons. The maximum atomic E-state index is 5.76. The average molecular weight is 423 g/mol. The van der Waals surface area contributed by atoms with Crippen LogP contribution in [0.3, 0.4) is 0 Å². The molecule has 5 nitrogen and oxygen atoms in total. The molecule has 1 aliphatic carbocycles. The molecule has 0 amide bonds. The first-order valence-corrected chi connectivity index (χ1v) is 11.6. The fourth-order valence-electron chi connectivity index (χ4n) is 3.48. The van der Waals surface area contributed by atoms with Gasteiger partial charge in [0.25, 0.3) is 0 Å². The third-order valence-corrected chi connectivity index (χ3v) is 6.93. The summed E-state index contributed by atoms with van der Waals surface area (Å²) in [6, 6.07) is 11.1. The summed E-state index contributed by atoms with van der Waals surface area (Å²) in [4.78, 5) is 6.03. The Hall–Kier alpha value is -2.38. The van der Waals surface area contributed by atoms with E-state index in [9.17, 15) is 0 Å². The zero-order valence-corrected chi connectivity index (χ0v) is 18.1. The summed E-state index contributed by atoms with van der Waals surface area (Å²) < 4.78 is 8.09. The number of nitrogens with zero attached hydrogens (tertiary/aromatic N) is 4. The van der Waals surface area contributed by atoms with Gasteiger partial charge in [0, 0.05) is 28.7 Å². The Morgan fingerprint density at radius 2 is 2.10 bits per heavy atom. The lowest BCUT2D eigenvalue weighted by molar-refractivity contribution is 0.573. The number of aryl methyl sites for hydroxylation is 2. The molecule has 3 aromatic heterocycles. The van der Waals surface area contributed by atoms with E-state index < -0.39 is 0 Å².